The summed E-state index contributed by atoms with van der Waals surface area (Å²) < 4.78 is 0. The van der Waals surface area contributed by atoms with E-state index >= 15 is 0 Å². The van der Waals surface area contributed by atoms with Crippen LogP contribution in [0.5, 0.6) is 0 Å². The van der Waals surface area contributed by atoms with Crippen LogP contribution in [0.3, 0.4) is 0 Å². The predicted octanol–water partition coefficient (Wildman–Crippen LogP) is 3.20. The third-order valence-corrected chi connectivity index (χ3v) is 4.50. The van der Waals surface area contributed by atoms with Crippen molar-refractivity contribution < 1.29 is 0 Å². The molecule has 0 amide bonds. The fourth-order valence-corrected chi connectivity index (χ4v) is 3.31. The van der Waals surface area contributed by atoms with Gasteiger partial charge in [0.15, 0.2) is 0 Å². The lowest BCUT2D eigenvalue weighted by atomic mass is 9.90. The molecule has 1 saturated heterocycles. The smallest absolute Gasteiger partial charge is 0.0348 e. The lowest BCUT2D eigenvalue weighted by Gasteiger charge is -2.33. The molecule has 1 N–H and O–H groups in total. The van der Waals surface area contributed by atoms with Crippen molar-refractivity contribution in [3.8, 4) is 0 Å². The fourth-order valence-electron chi connectivity index (χ4n) is 3.31. The van der Waals surface area contributed by atoms with Crippen LogP contribution in [-0.4, -0.2) is 50.1 Å². The Hall–Kier alpha value is -1.06. The first-order chi connectivity index (χ1) is 9.94. The molecule has 1 aliphatic rings. The zero-order valence-electron chi connectivity index (χ0n) is 14.3. The summed E-state index contributed by atoms with van der Waals surface area (Å²) in [6.45, 7) is 7.99. The van der Waals surface area contributed by atoms with Crippen LogP contribution in [-0.2, 0) is 6.54 Å². The number of aryl methyl sites for hydroxylation is 1. The van der Waals surface area contributed by atoms with E-state index in [9.17, 15) is 0 Å². The molecule has 0 aromatic heterocycles. The number of nitrogens with zero attached hydrogens (tertiary/aromatic N) is 2. The van der Waals surface area contributed by atoms with Gasteiger partial charge in [0, 0.05) is 18.3 Å². The molecule has 0 bridgehead atoms. The largest absolute Gasteiger partial charge is 0.382 e. The Labute approximate surface area is 130 Å². The average Bonchev–Trinajstić information content (AvgIpc) is 2.37. The minimum absolute atomic E-state index is 0.549. The standard InChI is InChI=1S/C18H31N3/c1-14-10-16(13-20(3)4)12-18(11-14)19-15(2)17-6-8-21(5)9-7-17/h10-12,15,17,19H,6-9,13H2,1-5H3. The molecule has 0 spiro atoms. The Morgan fingerprint density at radius 2 is 1.90 bits per heavy atom. The predicted molar refractivity (Wildman–Crippen MR) is 91.9 cm³/mol. The topological polar surface area (TPSA) is 18.5 Å². The Morgan fingerprint density at radius 1 is 1.24 bits per heavy atom. The molecule has 0 saturated carbocycles. The van der Waals surface area contributed by atoms with Crippen molar-refractivity contribution in [2.24, 2.45) is 5.92 Å². The molecule has 1 aliphatic heterocycles. The first kappa shape index (κ1) is 16.3. The van der Waals surface area contributed by atoms with E-state index in [1.54, 1.807) is 0 Å². The van der Waals surface area contributed by atoms with Crippen LogP contribution >= 0.6 is 0 Å². The highest BCUT2D eigenvalue weighted by atomic mass is 15.1. The quantitative estimate of drug-likeness (QED) is 0.898. The second-order valence-electron chi connectivity index (χ2n) is 7.02. The van der Waals surface area contributed by atoms with E-state index < -0.39 is 0 Å². The lowest BCUT2D eigenvalue weighted by molar-refractivity contribution is 0.208. The van der Waals surface area contributed by atoms with Crippen molar-refractivity contribution in [3.63, 3.8) is 0 Å². The van der Waals surface area contributed by atoms with Gasteiger partial charge in [-0.25, -0.2) is 0 Å². The molecule has 1 fully saturated rings. The summed E-state index contributed by atoms with van der Waals surface area (Å²) in [5.41, 5.74) is 4.00. The van der Waals surface area contributed by atoms with Gasteiger partial charge in [0.2, 0.25) is 0 Å². The molecule has 1 atom stereocenters. The SMILES string of the molecule is Cc1cc(CN(C)C)cc(NC(C)C2CCN(C)CC2)c1. The zero-order valence-corrected chi connectivity index (χ0v) is 14.3. The maximum Gasteiger partial charge on any atom is 0.0348 e. The van der Waals surface area contributed by atoms with Gasteiger partial charge >= 0.3 is 0 Å². The summed E-state index contributed by atoms with van der Waals surface area (Å²) in [6, 6.07) is 7.40. The van der Waals surface area contributed by atoms with Crippen LogP contribution in [0.1, 0.15) is 30.9 Å². The Bertz CT molecular complexity index is 448. The molecule has 3 heteroatoms. The van der Waals surface area contributed by atoms with Gasteiger partial charge < -0.3 is 15.1 Å². The van der Waals surface area contributed by atoms with Crippen LogP contribution in [0.15, 0.2) is 18.2 Å². The van der Waals surface area contributed by atoms with Gasteiger partial charge in [-0.2, -0.15) is 0 Å². The van der Waals surface area contributed by atoms with Gasteiger partial charge in [-0.05, 0) is 90.1 Å². The summed E-state index contributed by atoms with van der Waals surface area (Å²) >= 11 is 0. The highest BCUT2D eigenvalue weighted by molar-refractivity contribution is 5.49. The third kappa shape index (κ3) is 5.01. The zero-order chi connectivity index (χ0) is 15.4. The highest BCUT2D eigenvalue weighted by Crippen LogP contribution is 2.24. The van der Waals surface area contributed by atoms with Crippen LogP contribution in [0, 0.1) is 12.8 Å². The number of rotatable bonds is 5. The van der Waals surface area contributed by atoms with E-state index in [0.29, 0.717) is 6.04 Å². The lowest BCUT2D eigenvalue weighted by Crippen LogP contribution is -2.37. The Morgan fingerprint density at radius 3 is 2.52 bits per heavy atom. The van der Waals surface area contributed by atoms with Gasteiger partial charge in [-0.3, -0.25) is 0 Å². The second kappa shape index (κ2) is 7.28. The number of piperidine rings is 1. The maximum absolute atomic E-state index is 3.74. The van der Waals surface area contributed by atoms with Crippen LogP contribution < -0.4 is 5.32 Å². The number of nitrogens with one attached hydrogen (secondary N) is 1. The first-order valence-electron chi connectivity index (χ1n) is 8.14. The normalized spacial score (nSPS) is 19.0. The molecule has 1 aromatic carbocycles. The number of hydrogen-bond donors (Lipinski definition) is 1. The van der Waals surface area contributed by atoms with Crippen molar-refractivity contribution in [1.29, 1.82) is 0 Å². The molecule has 2 rings (SSSR count). The highest BCUT2D eigenvalue weighted by Gasteiger charge is 2.22. The number of anilines is 1. The minimum Gasteiger partial charge on any atom is -0.382 e. The number of benzene rings is 1. The summed E-state index contributed by atoms with van der Waals surface area (Å²) in [7, 11) is 6.47. The van der Waals surface area contributed by atoms with Crippen molar-refractivity contribution in [2.45, 2.75) is 39.3 Å². The van der Waals surface area contributed by atoms with Gasteiger partial charge in [0.1, 0.15) is 0 Å². The molecular formula is C18H31N3. The maximum atomic E-state index is 3.74. The van der Waals surface area contributed by atoms with Crippen molar-refractivity contribution in [3.05, 3.63) is 29.3 Å². The summed E-state index contributed by atoms with van der Waals surface area (Å²) in [5, 5.41) is 3.74. The van der Waals surface area contributed by atoms with E-state index in [1.165, 1.54) is 42.7 Å². The second-order valence-corrected chi connectivity index (χ2v) is 7.02. The average molecular weight is 289 g/mol. The van der Waals surface area contributed by atoms with Crippen molar-refractivity contribution in [1.82, 2.24) is 9.80 Å². The van der Waals surface area contributed by atoms with Crippen LogP contribution in [0.4, 0.5) is 5.69 Å². The molecule has 21 heavy (non-hydrogen) atoms. The number of likely N-dealkylation sites (tertiary alicyclic amines) is 1. The Kier molecular flexibility index (Phi) is 5.65. The van der Waals surface area contributed by atoms with Gasteiger partial charge in [-0.1, -0.05) is 6.07 Å². The summed E-state index contributed by atoms with van der Waals surface area (Å²) in [6.07, 6.45) is 2.61. The van der Waals surface area contributed by atoms with Gasteiger partial charge in [0.05, 0.1) is 0 Å². The van der Waals surface area contributed by atoms with E-state index in [-0.39, 0.29) is 0 Å². The van der Waals surface area contributed by atoms with E-state index in [1.807, 2.05) is 0 Å². The molecule has 0 radical (unpaired) electrons. The van der Waals surface area contributed by atoms with E-state index in [0.717, 1.165) is 12.5 Å². The molecule has 3 nitrogen and oxygen atoms in total. The minimum atomic E-state index is 0.549. The number of hydrogen-bond acceptors (Lipinski definition) is 3. The molecule has 1 aromatic rings. The molecular weight excluding hydrogens is 258 g/mol. The molecule has 118 valence electrons. The molecule has 0 aliphatic carbocycles. The van der Waals surface area contributed by atoms with E-state index in [4.69, 9.17) is 0 Å². The molecule has 1 heterocycles. The van der Waals surface area contributed by atoms with Crippen LogP contribution in [0.25, 0.3) is 0 Å². The van der Waals surface area contributed by atoms with Gasteiger partial charge in [-0.15, -0.1) is 0 Å². The summed E-state index contributed by atoms with van der Waals surface area (Å²) in [5.74, 6) is 0.791. The third-order valence-electron chi connectivity index (χ3n) is 4.50. The Balaban J connectivity index is 1.99. The summed E-state index contributed by atoms with van der Waals surface area (Å²) in [4.78, 5) is 4.66. The van der Waals surface area contributed by atoms with Crippen LogP contribution in [0.2, 0.25) is 0 Å². The van der Waals surface area contributed by atoms with E-state index in [2.05, 4.69) is 68.3 Å². The van der Waals surface area contributed by atoms with Crippen molar-refractivity contribution in [2.75, 3.05) is 39.5 Å². The first-order valence-corrected chi connectivity index (χ1v) is 8.14. The van der Waals surface area contributed by atoms with Gasteiger partial charge in [0.25, 0.3) is 0 Å². The molecule has 1 unspecified atom stereocenters. The fraction of sp³-hybridized carbons (Fsp3) is 0.667. The monoisotopic (exact) mass is 289 g/mol. The van der Waals surface area contributed by atoms with Crippen molar-refractivity contribution >= 4 is 5.69 Å².